The Kier molecular flexibility index (Phi) is 30.4. The van der Waals surface area contributed by atoms with Crippen molar-refractivity contribution in [2.45, 2.75) is 217 Å². The molecule has 61 heavy (non-hydrogen) atoms. The van der Waals surface area contributed by atoms with Gasteiger partial charge >= 0.3 is 11.9 Å². The number of hydrogen-bond acceptors (Lipinski definition) is 5. The predicted octanol–water partition coefficient (Wildman–Crippen LogP) is 16.9. The molecule has 0 saturated carbocycles. The zero-order chi connectivity index (χ0) is 43.3. The molecular formula is C56H86O4S. The number of benzene rings is 3. The number of ether oxygens (including phenoxy) is 2. The molecule has 0 aliphatic rings. The molecule has 0 radical (unpaired) electrons. The molecule has 1 atom stereocenters. The van der Waals surface area contributed by atoms with Gasteiger partial charge < -0.3 is 9.47 Å². The van der Waals surface area contributed by atoms with Crippen molar-refractivity contribution in [2.24, 2.45) is 0 Å². The number of unbranched alkanes of at least 4 members (excludes halogenated alkanes) is 26. The molecule has 4 nitrogen and oxygen atoms in total. The van der Waals surface area contributed by atoms with Gasteiger partial charge in [0, 0.05) is 18.6 Å². The summed E-state index contributed by atoms with van der Waals surface area (Å²) in [5.74, 6) is 0.0876. The second-order valence-corrected chi connectivity index (χ2v) is 18.8. The van der Waals surface area contributed by atoms with E-state index in [4.69, 9.17) is 9.47 Å². The summed E-state index contributed by atoms with van der Waals surface area (Å²) in [5.41, 5.74) is 3.46. The van der Waals surface area contributed by atoms with Crippen molar-refractivity contribution < 1.29 is 19.1 Å². The summed E-state index contributed by atoms with van der Waals surface area (Å²) in [6.45, 7) is 4.63. The van der Waals surface area contributed by atoms with Gasteiger partial charge in [-0.2, -0.15) is 0 Å². The lowest BCUT2D eigenvalue weighted by atomic mass is 9.84. The summed E-state index contributed by atoms with van der Waals surface area (Å²) in [7, 11) is 0. The van der Waals surface area contributed by atoms with Crippen molar-refractivity contribution >= 4 is 23.7 Å². The maximum Gasteiger partial charge on any atom is 0.306 e. The molecule has 0 heterocycles. The molecule has 0 saturated heterocycles. The Hall–Kier alpha value is -3.05. The Morgan fingerprint density at radius 3 is 1.05 bits per heavy atom. The number of rotatable bonds is 39. The van der Waals surface area contributed by atoms with E-state index in [1.165, 1.54) is 148 Å². The molecule has 0 aliphatic heterocycles. The quantitative estimate of drug-likeness (QED) is 0.0325. The molecule has 0 fully saturated rings. The lowest BCUT2D eigenvalue weighted by molar-refractivity contribution is -0.157. The fourth-order valence-electron chi connectivity index (χ4n) is 8.53. The standard InChI is InChI=1S/C56H86O4S/c1-3-5-7-9-11-13-15-17-19-21-23-25-27-38-46-54(57)59-48-53(60-55(58)47-39-28-26-24-22-20-18-16-14-12-10-8-6-4-2)49-61-56(50-40-32-29-33-41-50,51-42-34-30-35-43-51)52-44-36-31-37-45-52/h29-37,40-45,53H,3-28,38-39,46-49H2,1-2H3. The Labute approximate surface area is 378 Å². The number of thioether (sulfide) groups is 1. The van der Waals surface area contributed by atoms with Gasteiger partial charge in [0.2, 0.25) is 0 Å². The molecule has 0 aromatic heterocycles. The van der Waals surface area contributed by atoms with Gasteiger partial charge in [0.1, 0.15) is 12.7 Å². The first-order valence-electron chi connectivity index (χ1n) is 25.3. The van der Waals surface area contributed by atoms with Crippen LogP contribution >= 0.6 is 11.8 Å². The average Bonchev–Trinajstić information content (AvgIpc) is 3.29. The van der Waals surface area contributed by atoms with E-state index in [1.807, 2.05) is 18.2 Å². The molecule has 1 unspecified atom stereocenters. The van der Waals surface area contributed by atoms with Gasteiger partial charge in [-0.25, -0.2) is 0 Å². The van der Waals surface area contributed by atoms with Gasteiger partial charge in [-0.3, -0.25) is 9.59 Å². The maximum absolute atomic E-state index is 13.4. The van der Waals surface area contributed by atoms with E-state index >= 15 is 0 Å². The van der Waals surface area contributed by atoms with Crippen LogP contribution in [0.5, 0.6) is 0 Å². The molecule has 0 bridgehead atoms. The summed E-state index contributed by atoms with van der Waals surface area (Å²) in [6, 6.07) is 31.8. The van der Waals surface area contributed by atoms with Crippen LogP contribution < -0.4 is 0 Å². The van der Waals surface area contributed by atoms with Crippen molar-refractivity contribution in [3.8, 4) is 0 Å². The molecular weight excluding hydrogens is 769 g/mol. The first-order valence-corrected chi connectivity index (χ1v) is 26.2. The highest BCUT2D eigenvalue weighted by atomic mass is 32.2. The van der Waals surface area contributed by atoms with Crippen LogP contribution in [0.2, 0.25) is 0 Å². The van der Waals surface area contributed by atoms with Gasteiger partial charge in [-0.1, -0.05) is 272 Å². The van der Waals surface area contributed by atoms with E-state index in [-0.39, 0.29) is 18.5 Å². The normalized spacial score (nSPS) is 12.0. The van der Waals surface area contributed by atoms with Crippen molar-refractivity contribution in [2.75, 3.05) is 12.4 Å². The van der Waals surface area contributed by atoms with Crippen LogP contribution in [0.15, 0.2) is 91.0 Å². The zero-order valence-corrected chi connectivity index (χ0v) is 39.7. The van der Waals surface area contributed by atoms with Crippen LogP contribution in [0.3, 0.4) is 0 Å². The number of carbonyl (C=O) groups excluding carboxylic acids is 2. The van der Waals surface area contributed by atoms with Crippen LogP contribution in [0, 0.1) is 0 Å². The number of esters is 2. The summed E-state index contributed by atoms with van der Waals surface area (Å²) >= 11 is 1.75. The Bertz CT molecular complexity index is 1370. The summed E-state index contributed by atoms with van der Waals surface area (Å²) in [6.07, 6.45) is 36.1. The van der Waals surface area contributed by atoms with Crippen LogP contribution in [-0.2, 0) is 23.8 Å². The lowest BCUT2D eigenvalue weighted by Gasteiger charge is -2.36. The van der Waals surface area contributed by atoms with E-state index in [0.717, 1.165) is 48.8 Å². The third kappa shape index (κ3) is 23.3. The topological polar surface area (TPSA) is 52.6 Å². The molecule has 5 heteroatoms. The smallest absolute Gasteiger partial charge is 0.306 e. The molecule has 3 aromatic carbocycles. The van der Waals surface area contributed by atoms with E-state index < -0.39 is 10.9 Å². The van der Waals surface area contributed by atoms with Gasteiger partial charge in [-0.05, 0) is 29.5 Å². The zero-order valence-electron chi connectivity index (χ0n) is 38.9. The van der Waals surface area contributed by atoms with E-state index in [0.29, 0.717) is 18.6 Å². The van der Waals surface area contributed by atoms with Crippen molar-refractivity contribution in [3.05, 3.63) is 108 Å². The Balaban J connectivity index is 1.50. The fourth-order valence-corrected chi connectivity index (χ4v) is 10.0. The molecule has 0 N–H and O–H groups in total. The molecule has 340 valence electrons. The Morgan fingerprint density at radius 1 is 0.426 bits per heavy atom. The molecule has 3 rings (SSSR count). The third-order valence-corrected chi connectivity index (χ3v) is 13.9. The minimum atomic E-state index is -0.556. The fraction of sp³-hybridized carbons (Fsp3) is 0.643. The first-order chi connectivity index (χ1) is 30.1. The van der Waals surface area contributed by atoms with Gasteiger partial charge in [0.15, 0.2) is 0 Å². The highest BCUT2D eigenvalue weighted by Gasteiger charge is 2.38. The molecule has 3 aromatic rings. The highest BCUT2D eigenvalue weighted by molar-refractivity contribution is 8.00. The van der Waals surface area contributed by atoms with Crippen LogP contribution in [-0.4, -0.2) is 30.4 Å². The molecule has 0 amide bonds. The molecule has 0 aliphatic carbocycles. The lowest BCUT2D eigenvalue weighted by Crippen LogP contribution is -2.32. The average molecular weight is 855 g/mol. The van der Waals surface area contributed by atoms with E-state index in [9.17, 15) is 9.59 Å². The van der Waals surface area contributed by atoms with E-state index in [1.54, 1.807) is 11.8 Å². The minimum absolute atomic E-state index is 0.0728. The second-order valence-electron chi connectivity index (χ2n) is 17.6. The van der Waals surface area contributed by atoms with Gasteiger partial charge in [0.05, 0.1) is 4.75 Å². The number of hydrogen-bond donors (Lipinski definition) is 0. The highest BCUT2D eigenvalue weighted by Crippen LogP contribution is 2.48. The van der Waals surface area contributed by atoms with Crippen LogP contribution in [0.25, 0.3) is 0 Å². The maximum atomic E-state index is 13.4. The van der Waals surface area contributed by atoms with Crippen LogP contribution in [0.4, 0.5) is 0 Å². The summed E-state index contributed by atoms with van der Waals surface area (Å²) < 4.78 is 11.6. The monoisotopic (exact) mass is 855 g/mol. The van der Waals surface area contributed by atoms with Crippen molar-refractivity contribution in [1.82, 2.24) is 0 Å². The summed E-state index contributed by atoms with van der Waals surface area (Å²) in [4.78, 5) is 26.5. The summed E-state index contributed by atoms with van der Waals surface area (Å²) in [5, 5.41) is 0. The number of carbonyl (C=O) groups is 2. The van der Waals surface area contributed by atoms with Gasteiger partial charge in [0.25, 0.3) is 0 Å². The van der Waals surface area contributed by atoms with Crippen LogP contribution in [0.1, 0.15) is 223 Å². The third-order valence-electron chi connectivity index (χ3n) is 12.2. The Morgan fingerprint density at radius 2 is 0.721 bits per heavy atom. The second kappa shape index (κ2) is 35.4. The predicted molar refractivity (Wildman–Crippen MR) is 262 cm³/mol. The van der Waals surface area contributed by atoms with Crippen molar-refractivity contribution in [3.63, 3.8) is 0 Å². The molecule has 0 spiro atoms. The van der Waals surface area contributed by atoms with Crippen molar-refractivity contribution in [1.29, 1.82) is 0 Å². The first kappa shape index (κ1) is 52.3. The minimum Gasteiger partial charge on any atom is -0.462 e. The van der Waals surface area contributed by atoms with Gasteiger partial charge in [-0.15, -0.1) is 11.8 Å². The van der Waals surface area contributed by atoms with E-state index in [2.05, 4.69) is 86.6 Å². The largest absolute Gasteiger partial charge is 0.462 e. The SMILES string of the molecule is CCCCCCCCCCCCCCCCC(=O)OCC(CSC(c1ccccc1)(c1ccccc1)c1ccccc1)OC(=O)CCCCCCCCCCCCCCCC.